The van der Waals surface area contributed by atoms with Gasteiger partial charge in [-0.2, -0.15) is 0 Å². The maximum atomic E-state index is 11.3. The Hall–Kier alpha value is -2.50. The number of nitrogens with one attached hydrogen (secondary N) is 2. The quantitative estimate of drug-likeness (QED) is 0.815. The van der Waals surface area contributed by atoms with Gasteiger partial charge in [0.25, 0.3) is 0 Å². The van der Waals surface area contributed by atoms with E-state index >= 15 is 0 Å². The Morgan fingerprint density at radius 2 is 2.15 bits per heavy atom. The van der Waals surface area contributed by atoms with Crippen LogP contribution in [0, 0.1) is 0 Å². The summed E-state index contributed by atoms with van der Waals surface area (Å²) in [5.41, 5.74) is 2.28. The van der Waals surface area contributed by atoms with Crippen molar-refractivity contribution in [3.63, 3.8) is 0 Å². The molecule has 6 heteroatoms. The molecule has 0 aromatic carbocycles. The first-order valence-corrected chi connectivity index (χ1v) is 6.23. The van der Waals surface area contributed by atoms with Crippen LogP contribution in [0.25, 0.3) is 0 Å². The minimum atomic E-state index is -0.367. The molecule has 0 spiro atoms. The number of aromatic nitrogens is 2. The highest BCUT2D eigenvalue weighted by Gasteiger charge is 2.07. The van der Waals surface area contributed by atoms with Gasteiger partial charge in [0.15, 0.2) is 0 Å². The molecule has 106 valence electrons. The van der Waals surface area contributed by atoms with Gasteiger partial charge in [-0.15, -0.1) is 0 Å². The molecule has 2 rings (SSSR count). The summed E-state index contributed by atoms with van der Waals surface area (Å²) < 4.78 is 4.64. The summed E-state index contributed by atoms with van der Waals surface area (Å²) in [6, 6.07) is 7.46. The average Bonchev–Trinajstić information content (AvgIpc) is 2.93. The van der Waals surface area contributed by atoms with Crippen LogP contribution in [0.3, 0.4) is 0 Å². The van der Waals surface area contributed by atoms with Gasteiger partial charge in [-0.25, -0.2) is 9.78 Å². The van der Waals surface area contributed by atoms with Crippen molar-refractivity contribution in [1.82, 2.24) is 9.97 Å². The number of ether oxygens (including phenoxy) is 1. The fraction of sp³-hybridized carbons (Fsp3) is 0.286. The Bertz CT molecular complexity index is 575. The van der Waals surface area contributed by atoms with E-state index in [1.54, 1.807) is 12.3 Å². The Kier molecular flexibility index (Phi) is 4.24. The Morgan fingerprint density at radius 1 is 1.35 bits per heavy atom. The number of esters is 1. The second-order valence-electron chi connectivity index (χ2n) is 4.54. The monoisotopic (exact) mass is 274 g/mol. The summed E-state index contributed by atoms with van der Waals surface area (Å²) in [5.74, 6) is 0.539. The highest BCUT2D eigenvalue weighted by atomic mass is 16.5. The number of anilines is 2. The molecular weight excluding hydrogens is 256 g/mol. The van der Waals surface area contributed by atoms with Crippen molar-refractivity contribution in [1.29, 1.82) is 0 Å². The highest BCUT2D eigenvalue weighted by Crippen LogP contribution is 2.13. The van der Waals surface area contributed by atoms with E-state index in [0.717, 1.165) is 17.2 Å². The summed E-state index contributed by atoms with van der Waals surface area (Å²) >= 11 is 0. The maximum Gasteiger partial charge on any atom is 0.354 e. The number of nitrogens with zero attached hydrogens (tertiary/aromatic N) is 2. The molecule has 0 aliphatic carbocycles. The molecule has 0 saturated heterocycles. The molecule has 0 aliphatic heterocycles. The number of carbonyl (C=O) groups excluding carboxylic acids is 1. The van der Waals surface area contributed by atoms with E-state index < -0.39 is 0 Å². The number of methoxy groups -OCH3 is 1. The number of aromatic amines is 1. The largest absolute Gasteiger partial charge is 0.464 e. The molecule has 0 unspecified atom stereocenters. The van der Waals surface area contributed by atoms with Gasteiger partial charge in [0.05, 0.1) is 25.5 Å². The average molecular weight is 274 g/mol. The van der Waals surface area contributed by atoms with Gasteiger partial charge >= 0.3 is 5.97 Å². The fourth-order valence-electron chi connectivity index (χ4n) is 1.72. The highest BCUT2D eigenvalue weighted by molar-refractivity contribution is 5.87. The van der Waals surface area contributed by atoms with Crippen LogP contribution in [0.1, 0.15) is 16.2 Å². The van der Waals surface area contributed by atoms with Gasteiger partial charge in [-0.3, -0.25) is 0 Å². The molecular formula is C14H18N4O2. The molecule has 2 N–H and O–H groups in total. The zero-order chi connectivity index (χ0) is 14.5. The lowest BCUT2D eigenvalue weighted by atomic mass is 10.3. The Labute approximate surface area is 117 Å². The third kappa shape index (κ3) is 3.28. The minimum Gasteiger partial charge on any atom is -0.464 e. The number of hydrogen-bond acceptors (Lipinski definition) is 5. The molecule has 20 heavy (non-hydrogen) atoms. The number of rotatable bonds is 5. The van der Waals surface area contributed by atoms with Crippen molar-refractivity contribution in [2.24, 2.45) is 0 Å². The molecule has 0 radical (unpaired) electrons. The lowest BCUT2D eigenvalue weighted by molar-refractivity contribution is 0.0594. The van der Waals surface area contributed by atoms with E-state index in [-0.39, 0.29) is 5.97 Å². The summed E-state index contributed by atoms with van der Waals surface area (Å²) in [7, 11) is 5.25. The number of hydrogen-bond donors (Lipinski definition) is 2. The summed E-state index contributed by atoms with van der Waals surface area (Å²) in [4.78, 5) is 20.6. The van der Waals surface area contributed by atoms with Crippen LogP contribution in [-0.2, 0) is 11.3 Å². The van der Waals surface area contributed by atoms with Gasteiger partial charge in [-0.05, 0) is 24.3 Å². The van der Waals surface area contributed by atoms with Crippen molar-refractivity contribution in [3.8, 4) is 0 Å². The van der Waals surface area contributed by atoms with E-state index in [1.807, 2.05) is 37.2 Å². The van der Waals surface area contributed by atoms with Crippen LogP contribution in [-0.4, -0.2) is 37.1 Å². The van der Waals surface area contributed by atoms with Crippen LogP contribution in [0.2, 0.25) is 0 Å². The maximum absolute atomic E-state index is 11.3. The predicted octanol–water partition coefficient (Wildman–Crippen LogP) is 1.87. The third-order valence-electron chi connectivity index (χ3n) is 2.84. The van der Waals surface area contributed by atoms with E-state index in [9.17, 15) is 4.79 Å². The van der Waals surface area contributed by atoms with Gasteiger partial charge in [-0.1, -0.05) is 0 Å². The van der Waals surface area contributed by atoms with Crippen molar-refractivity contribution in [2.45, 2.75) is 6.54 Å². The molecule has 0 fully saturated rings. The van der Waals surface area contributed by atoms with E-state index in [1.165, 1.54) is 7.11 Å². The second-order valence-corrected chi connectivity index (χ2v) is 4.54. The summed E-state index contributed by atoms with van der Waals surface area (Å²) in [6.07, 6.45) is 1.78. The van der Waals surface area contributed by atoms with Gasteiger partial charge in [0.1, 0.15) is 11.5 Å². The zero-order valence-electron chi connectivity index (χ0n) is 11.8. The van der Waals surface area contributed by atoms with Crippen molar-refractivity contribution in [3.05, 3.63) is 41.9 Å². The molecule has 2 aromatic rings. The molecule has 0 amide bonds. The van der Waals surface area contributed by atoms with Crippen molar-refractivity contribution >= 4 is 17.5 Å². The number of H-pyrrole nitrogens is 1. The summed E-state index contributed by atoms with van der Waals surface area (Å²) in [5, 5.41) is 3.23. The van der Waals surface area contributed by atoms with Crippen molar-refractivity contribution in [2.75, 3.05) is 31.4 Å². The first kappa shape index (κ1) is 13.9. The topological polar surface area (TPSA) is 70.2 Å². The number of carbonyl (C=O) groups is 1. The van der Waals surface area contributed by atoms with Gasteiger partial charge in [0, 0.05) is 19.8 Å². The standard InChI is InChI=1S/C14H18N4O2/c1-18(2)13-7-5-10(8-16-13)15-9-11-4-6-12(17-11)14(19)20-3/h4-8,15,17H,9H2,1-3H3. The smallest absolute Gasteiger partial charge is 0.354 e. The van der Waals surface area contributed by atoms with E-state index in [2.05, 4.69) is 20.0 Å². The summed E-state index contributed by atoms with van der Waals surface area (Å²) in [6.45, 7) is 0.583. The predicted molar refractivity (Wildman–Crippen MR) is 78.0 cm³/mol. The van der Waals surface area contributed by atoms with E-state index in [4.69, 9.17) is 0 Å². The lowest BCUT2D eigenvalue weighted by Crippen LogP contribution is -2.10. The molecule has 0 aliphatic rings. The third-order valence-corrected chi connectivity index (χ3v) is 2.84. The lowest BCUT2D eigenvalue weighted by Gasteiger charge is -2.11. The molecule has 2 aromatic heterocycles. The molecule has 0 saturated carbocycles. The van der Waals surface area contributed by atoms with Crippen LogP contribution in [0.5, 0.6) is 0 Å². The molecule has 2 heterocycles. The fourth-order valence-corrected chi connectivity index (χ4v) is 1.72. The normalized spacial score (nSPS) is 10.2. The van der Waals surface area contributed by atoms with E-state index in [0.29, 0.717) is 12.2 Å². The van der Waals surface area contributed by atoms with Crippen LogP contribution in [0.4, 0.5) is 11.5 Å². The van der Waals surface area contributed by atoms with Gasteiger partial charge in [0.2, 0.25) is 0 Å². The zero-order valence-corrected chi connectivity index (χ0v) is 11.8. The molecule has 0 atom stereocenters. The van der Waals surface area contributed by atoms with Gasteiger partial charge < -0.3 is 19.9 Å². The minimum absolute atomic E-state index is 0.367. The van der Waals surface area contributed by atoms with Crippen LogP contribution in [0.15, 0.2) is 30.5 Å². The van der Waals surface area contributed by atoms with Crippen LogP contribution >= 0.6 is 0 Å². The first-order valence-electron chi connectivity index (χ1n) is 6.23. The Morgan fingerprint density at radius 3 is 2.75 bits per heavy atom. The molecule has 0 bridgehead atoms. The van der Waals surface area contributed by atoms with Crippen LogP contribution < -0.4 is 10.2 Å². The SMILES string of the molecule is COC(=O)c1ccc(CNc2ccc(N(C)C)nc2)[nH]1. The number of pyridine rings is 1. The first-order chi connectivity index (χ1) is 9.60. The molecule has 6 nitrogen and oxygen atoms in total. The second kappa shape index (κ2) is 6.10. The van der Waals surface area contributed by atoms with Crippen molar-refractivity contribution < 1.29 is 9.53 Å². The Balaban J connectivity index is 1.94.